The summed E-state index contributed by atoms with van der Waals surface area (Å²) in [4.78, 5) is 0. The smallest absolute Gasteiger partial charge is 0.124 e. The first-order valence-corrected chi connectivity index (χ1v) is 6.75. The maximum absolute atomic E-state index is 13.3. The highest BCUT2D eigenvalue weighted by molar-refractivity contribution is 9.10. The Morgan fingerprint density at radius 1 is 1.29 bits per heavy atom. The molecule has 0 amide bonds. The van der Waals surface area contributed by atoms with Crippen LogP contribution in [0.1, 0.15) is 38.7 Å². The van der Waals surface area contributed by atoms with E-state index in [-0.39, 0.29) is 11.2 Å². The first-order chi connectivity index (χ1) is 7.78. The maximum atomic E-state index is 13.3. The van der Waals surface area contributed by atoms with Gasteiger partial charge in [0.25, 0.3) is 0 Å². The Labute approximate surface area is 110 Å². The Morgan fingerprint density at radius 3 is 2.53 bits per heavy atom. The topological polar surface area (TPSA) is 20.2 Å². The third-order valence-corrected chi connectivity index (χ3v) is 3.99. The molecule has 1 nitrogen and oxygen atoms in total. The third kappa shape index (κ3) is 3.29. The van der Waals surface area contributed by atoms with Crippen LogP contribution in [0.25, 0.3) is 0 Å². The summed E-state index contributed by atoms with van der Waals surface area (Å²) in [5, 5.41) is 10.5. The van der Waals surface area contributed by atoms with E-state index >= 15 is 0 Å². The lowest BCUT2D eigenvalue weighted by molar-refractivity contribution is 0.0378. The fourth-order valence-corrected chi connectivity index (χ4v) is 3.40. The van der Waals surface area contributed by atoms with Gasteiger partial charge < -0.3 is 5.11 Å². The zero-order chi connectivity index (χ0) is 12.7. The van der Waals surface area contributed by atoms with Gasteiger partial charge in [-0.2, -0.15) is 0 Å². The van der Waals surface area contributed by atoms with E-state index in [9.17, 15) is 9.50 Å². The first-order valence-electron chi connectivity index (χ1n) is 5.95. The van der Waals surface area contributed by atoms with Gasteiger partial charge in [0.05, 0.1) is 5.60 Å². The van der Waals surface area contributed by atoms with Crippen molar-refractivity contribution in [2.45, 2.75) is 45.1 Å². The monoisotopic (exact) mass is 300 g/mol. The Bertz CT molecular complexity index is 410. The predicted molar refractivity (Wildman–Crippen MR) is 70.4 cm³/mol. The largest absolute Gasteiger partial charge is 0.390 e. The zero-order valence-electron chi connectivity index (χ0n) is 10.3. The molecule has 0 bridgehead atoms. The summed E-state index contributed by atoms with van der Waals surface area (Å²) in [5.74, 6) is -0.254. The molecule has 1 atom stereocenters. The van der Waals surface area contributed by atoms with Crippen molar-refractivity contribution in [1.29, 1.82) is 0 Å². The Hall–Kier alpha value is -0.410. The summed E-state index contributed by atoms with van der Waals surface area (Å²) < 4.78 is 14.0. The summed E-state index contributed by atoms with van der Waals surface area (Å²) in [6.45, 7) is 4.35. The molecular weight excluding hydrogens is 283 g/mol. The van der Waals surface area contributed by atoms with E-state index < -0.39 is 5.60 Å². The summed E-state index contributed by atoms with van der Waals surface area (Å²) in [6, 6.07) is 4.83. The summed E-state index contributed by atoms with van der Waals surface area (Å²) >= 11 is 3.28. The van der Waals surface area contributed by atoms with E-state index in [0.29, 0.717) is 6.42 Å². The molecule has 0 spiro atoms. The van der Waals surface area contributed by atoms with Crippen LogP contribution in [0.2, 0.25) is 0 Å². The van der Waals surface area contributed by atoms with Crippen molar-refractivity contribution in [2.24, 2.45) is 5.41 Å². The minimum absolute atomic E-state index is 0.194. The molecule has 0 radical (unpaired) electrons. The maximum Gasteiger partial charge on any atom is 0.124 e. The molecule has 1 fully saturated rings. The zero-order valence-corrected chi connectivity index (χ0v) is 11.8. The number of aliphatic hydroxyl groups is 1. The van der Waals surface area contributed by atoms with Gasteiger partial charge in [0, 0.05) is 10.9 Å². The van der Waals surface area contributed by atoms with Gasteiger partial charge in [-0.3, -0.25) is 0 Å². The average molecular weight is 301 g/mol. The summed E-state index contributed by atoms with van der Waals surface area (Å²) in [7, 11) is 0. The van der Waals surface area contributed by atoms with Crippen molar-refractivity contribution in [2.75, 3.05) is 0 Å². The standard InChI is InChI=1S/C14H18BrFO/c1-13(2)3-4-14(17,9-13)8-10-5-11(15)7-12(16)6-10/h5-7,17H,3-4,8-9H2,1-2H3. The molecule has 1 unspecified atom stereocenters. The quantitative estimate of drug-likeness (QED) is 0.873. The molecule has 0 aromatic heterocycles. The average Bonchev–Trinajstić information content (AvgIpc) is 2.37. The van der Waals surface area contributed by atoms with E-state index in [2.05, 4.69) is 29.8 Å². The molecule has 3 heteroatoms. The molecule has 2 rings (SSSR count). The normalized spacial score (nSPS) is 27.4. The molecule has 1 aliphatic rings. The van der Waals surface area contributed by atoms with Crippen LogP contribution < -0.4 is 0 Å². The first kappa shape index (κ1) is 13.0. The van der Waals surface area contributed by atoms with Crippen LogP contribution in [0, 0.1) is 11.2 Å². The summed E-state index contributed by atoms with van der Waals surface area (Å²) in [5.41, 5.74) is 0.382. The third-order valence-electron chi connectivity index (χ3n) is 3.53. The molecule has 0 saturated heterocycles. The molecule has 1 N–H and O–H groups in total. The fourth-order valence-electron chi connectivity index (χ4n) is 2.88. The van der Waals surface area contributed by atoms with Crippen LogP contribution in [-0.2, 0) is 6.42 Å². The number of hydrogen-bond donors (Lipinski definition) is 1. The second-order valence-electron chi connectivity index (χ2n) is 6.02. The molecule has 94 valence electrons. The van der Waals surface area contributed by atoms with Gasteiger partial charge in [-0.05, 0) is 48.4 Å². The minimum Gasteiger partial charge on any atom is -0.390 e. The van der Waals surface area contributed by atoms with Gasteiger partial charge in [0.2, 0.25) is 0 Å². The SMILES string of the molecule is CC1(C)CCC(O)(Cc2cc(F)cc(Br)c2)C1. The van der Waals surface area contributed by atoms with Crippen molar-refractivity contribution in [3.63, 3.8) is 0 Å². The Morgan fingerprint density at radius 2 is 2.00 bits per heavy atom. The van der Waals surface area contributed by atoms with Gasteiger partial charge in [0.15, 0.2) is 0 Å². The minimum atomic E-state index is -0.670. The van der Waals surface area contributed by atoms with Crippen LogP contribution in [0.3, 0.4) is 0 Å². The van der Waals surface area contributed by atoms with Gasteiger partial charge in [-0.1, -0.05) is 29.8 Å². The number of benzene rings is 1. The summed E-state index contributed by atoms with van der Waals surface area (Å²) in [6.07, 6.45) is 3.15. The molecule has 1 saturated carbocycles. The second kappa shape index (κ2) is 4.36. The van der Waals surface area contributed by atoms with Crippen LogP contribution in [0.15, 0.2) is 22.7 Å². The van der Waals surface area contributed by atoms with E-state index in [1.54, 1.807) is 0 Å². The molecule has 1 aliphatic carbocycles. The lowest BCUT2D eigenvalue weighted by Gasteiger charge is -2.25. The number of halogens is 2. The van der Waals surface area contributed by atoms with Crippen molar-refractivity contribution >= 4 is 15.9 Å². The van der Waals surface area contributed by atoms with Crippen LogP contribution in [0.4, 0.5) is 4.39 Å². The highest BCUT2D eigenvalue weighted by atomic mass is 79.9. The van der Waals surface area contributed by atoms with E-state index in [0.717, 1.165) is 29.3 Å². The molecule has 17 heavy (non-hydrogen) atoms. The number of hydrogen-bond acceptors (Lipinski definition) is 1. The lowest BCUT2D eigenvalue weighted by Crippen LogP contribution is -2.29. The Balaban J connectivity index is 2.16. The van der Waals surface area contributed by atoms with Crippen molar-refractivity contribution < 1.29 is 9.50 Å². The van der Waals surface area contributed by atoms with Gasteiger partial charge >= 0.3 is 0 Å². The second-order valence-corrected chi connectivity index (χ2v) is 6.94. The molecule has 0 aliphatic heterocycles. The van der Waals surface area contributed by atoms with E-state index in [1.807, 2.05) is 6.07 Å². The van der Waals surface area contributed by atoms with Crippen LogP contribution >= 0.6 is 15.9 Å². The lowest BCUT2D eigenvalue weighted by atomic mass is 9.86. The van der Waals surface area contributed by atoms with Crippen molar-refractivity contribution in [3.05, 3.63) is 34.1 Å². The van der Waals surface area contributed by atoms with E-state index in [4.69, 9.17) is 0 Å². The number of rotatable bonds is 2. The molecule has 0 heterocycles. The molecule has 1 aromatic rings. The van der Waals surface area contributed by atoms with Gasteiger partial charge in [-0.25, -0.2) is 4.39 Å². The van der Waals surface area contributed by atoms with Crippen LogP contribution in [-0.4, -0.2) is 10.7 Å². The van der Waals surface area contributed by atoms with E-state index in [1.165, 1.54) is 12.1 Å². The predicted octanol–water partition coefficient (Wildman–Crippen LogP) is 4.07. The van der Waals surface area contributed by atoms with Crippen molar-refractivity contribution in [3.8, 4) is 0 Å². The van der Waals surface area contributed by atoms with Crippen molar-refractivity contribution in [1.82, 2.24) is 0 Å². The van der Waals surface area contributed by atoms with Crippen LogP contribution in [0.5, 0.6) is 0 Å². The molecular formula is C14H18BrFO. The highest BCUT2D eigenvalue weighted by Gasteiger charge is 2.41. The fraction of sp³-hybridized carbons (Fsp3) is 0.571. The molecule has 1 aromatic carbocycles. The van der Waals surface area contributed by atoms with Gasteiger partial charge in [0.1, 0.15) is 5.82 Å². The highest BCUT2D eigenvalue weighted by Crippen LogP contribution is 2.45. The Kier molecular flexibility index (Phi) is 3.34. The van der Waals surface area contributed by atoms with Gasteiger partial charge in [-0.15, -0.1) is 0 Å².